The second-order valence-electron chi connectivity index (χ2n) is 6.13. The lowest BCUT2D eigenvalue weighted by Gasteiger charge is -2.17. The van der Waals surface area contributed by atoms with Crippen LogP contribution in [-0.2, 0) is 6.54 Å². The Morgan fingerprint density at radius 1 is 1.12 bits per heavy atom. The molecule has 138 valence electrons. The number of benzene rings is 2. The molecule has 0 N–H and O–H groups in total. The molecule has 1 amide bonds. The third-order valence-corrected chi connectivity index (χ3v) is 4.06. The number of carbonyl (C=O) groups excluding carboxylic acids is 1. The van der Waals surface area contributed by atoms with Crippen molar-refractivity contribution in [1.29, 1.82) is 0 Å². The molecular weight excluding hydrogens is 332 g/mol. The minimum Gasteiger partial charge on any atom is -0.494 e. The Morgan fingerprint density at radius 3 is 2.46 bits per heavy atom. The maximum Gasteiger partial charge on any atom is 0.274 e. The average molecular weight is 356 g/mol. The summed E-state index contributed by atoms with van der Waals surface area (Å²) in [6.07, 6.45) is 3.28. The highest BCUT2D eigenvalue weighted by molar-refractivity contribution is 5.94. The molecule has 0 saturated carbocycles. The van der Waals surface area contributed by atoms with Crippen LogP contribution in [0.15, 0.2) is 48.5 Å². The maximum absolute atomic E-state index is 12.6. The summed E-state index contributed by atoms with van der Waals surface area (Å²) in [7, 11) is 1.63. The van der Waals surface area contributed by atoms with Gasteiger partial charge in [-0.15, -0.1) is 0 Å². The quantitative estimate of drug-likeness (QED) is 0.378. The Labute approximate surface area is 153 Å². The summed E-state index contributed by atoms with van der Waals surface area (Å²) in [6, 6.07) is 13.4. The molecule has 2 aromatic carbocycles. The van der Waals surface area contributed by atoms with Crippen LogP contribution in [0.25, 0.3) is 0 Å². The normalized spacial score (nSPS) is 10.4. The molecule has 0 fully saturated rings. The number of unbranched alkanes of at least 4 members (excludes halogenated alkanes) is 2. The monoisotopic (exact) mass is 356 g/mol. The van der Waals surface area contributed by atoms with E-state index in [0.717, 1.165) is 25.0 Å². The molecule has 0 aliphatic heterocycles. The van der Waals surface area contributed by atoms with Crippen molar-refractivity contribution in [1.82, 2.24) is 4.90 Å². The van der Waals surface area contributed by atoms with Crippen LogP contribution in [0.1, 0.15) is 42.1 Å². The van der Waals surface area contributed by atoms with E-state index < -0.39 is 4.92 Å². The Hall–Kier alpha value is -2.89. The van der Waals surface area contributed by atoms with Crippen LogP contribution in [0.5, 0.6) is 5.75 Å². The lowest BCUT2D eigenvalue weighted by molar-refractivity contribution is -0.385. The summed E-state index contributed by atoms with van der Waals surface area (Å²) in [6.45, 7) is 2.98. The highest BCUT2D eigenvalue weighted by Crippen LogP contribution is 2.20. The molecule has 0 aliphatic rings. The van der Waals surface area contributed by atoms with Crippen molar-refractivity contribution < 1.29 is 14.5 Å². The van der Waals surface area contributed by atoms with Crippen molar-refractivity contribution in [2.75, 3.05) is 13.7 Å². The molecule has 6 nitrogen and oxygen atoms in total. The van der Waals surface area contributed by atoms with Gasteiger partial charge in [0.25, 0.3) is 11.6 Å². The first-order chi connectivity index (χ1) is 12.5. The van der Waals surface area contributed by atoms with E-state index in [9.17, 15) is 14.9 Å². The van der Waals surface area contributed by atoms with E-state index in [1.165, 1.54) is 11.0 Å². The molecular formula is C20H24N2O4. The minimum absolute atomic E-state index is 0.0166. The van der Waals surface area contributed by atoms with E-state index in [1.807, 2.05) is 0 Å². The smallest absolute Gasteiger partial charge is 0.274 e. The summed E-state index contributed by atoms with van der Waals surface area (Å²) in [4.78, 5) is 24.7. The summed E-state index contributed by atoms with van der Waals surface area (Å²) in [5.41, 5.74) is 1.04. The van der Waals surface area contributed by atoms with Gasteiger partial charge in [0.15, 0.2) is 0 Å². The van der Waals surface area contributed by atoms with Gasteiger partial charge in [-0.3, -0.25) is 14.9 Å². The number of ether oxygens (including phenoxy) is 1. The third-order valence-electron chi connectivity index (χ3n) is 4.06. The van der Waals surface area contributed by atoms with Crippen molar-refractivity contribution in [2.45, 2.75) is 32.7 Å². The number of carbonyl (C=O) groups is 1. The first-order valence-corrected chi connectivity index (χ1v) is 8.73. The van der Waals surface area contributed by atoms with Crippen LogP contribution in [0.3, 0.4) is 0 Å². The fourth-order valence-electron chi connectivity index (χ4n) is 2.61. The SMILES string of the molecule is CCCCCOc1ccc(C(=O)N(C)Cc2ccccc2[N+](=O)[O-])cc1. The van der Waals surface area contributed by atoms with Crippen LogP contribution < -0.4 is 4.74 Å². The predicted molar refractivity (Wildman–Crippen MR) is 100 cm³/mol. The van der Waals surface area contributed by atoms with Gasteiger partial charge in [0.1, 0.15) is 5.75 Å². The number of nitro groups is 1. The van der Waals surface area contributed by atoms with E-state index in [1.54, 1.807) is 49.5 Å². The lowest BCUT2D eigenvalue weighted by Crippen LogP contribution is -2.26. The number of amides is 1. The second kappa shape index (κ2) is 9.56. The van der Waals surface area contributed by atoms with E-state index >= 15 is 0 Å². The average Bonchev–Trinajstić information content (AvgIpc) is 2.65. The van der Waals surface area contributed by atoms with Crippen LogP contribution in [0.4, 0.5) is 5.69 Å². The molecule has 2 aromatic rings. The molecule has 0 saturated heterocycles. The van der Waals surface area contributed by atoms with E-state index in [0.29, 0.717) is 17.7 Å². The number of hydrogen-bond donors (Lipinski definition) is 0. The molecule has 2 rings (SSSR count). The third kappa shape index (κ3) is 5.31. The van der Waals surface area contributed by atoms with Gasteiger partial charge in [-0.25, -0.2) is 0 Å². The molecule has 0 spiro atoms. The standard InChI is InChI=1S/C20H24N2O4/c1-3-4-7-14-26-18-12-10-16(11-13-18)20(23)21(2)15-17-8-5-6-9-19(17)22(24)25/h5-6,8-13H,3-4,7,14-15H2,1-2H3. The van der Waals surface area contributed by atoms with E-state index in [4.69, 9.17) is 4.74 Å². The molecule has 26 heavy (non-hydrogen) atoms. The Kier molecular flexibility index (Phi) is 7.14. The zero-order valence-electron chi connectivity index (χ0n) is 15.2. The van der Waals surface area contributed by atoms with Gasteiger partial charge in [-0.2, -0.15) is 0 Å². The van der Waals surface area contributed by atoms with Gasteiger partial charge < -0.3 is 9.64 Å². The summed E-state index contributed by atoms with van der Waals surface area (Å²) in [5, 5.41) is 11.1. The van der Waals surface area contributed by atoms with Crippen LogP contribution in [-0.4, -0.2) is 29.4 Å². The van der Waals surface area contributed by atoms with Crippen LogP contribution in [0, 0.1) is 10.1 Å². The molecule has 0 bridgehead atoms. The predicted octanol–water partition coefficient (Wildman–Crippen LogP) is 4.44. The first-order valence-electron chi connectivity index (χ1n) is 8.73. The van der Waals surface area contributed by atoms with Gasteiger partial charge in [0.05, 0.1) is 18.1 Å². The Bertz CT molecular complexity index is 744. The topological polar surface area (TPSA) is 72.7 Å². The molecule has 0 unspecified atom stereocenters. The molecule has 0 radical (unpaired) electrons. The molecule has 0 atom stereocenters. The number of hydrogen-bond acceptors (Lipinski definition) is 4. The summed E-state index contributed by atoms with van der Waals surface area (Å²) in [5.74, 6) is 0.541. The van der Waals surface area contributed by atoms with E-state index in [-0.39, 0.29) is 18.1 Å². The maximum atomic E-state index is 12.6. The van der Waals surface area contributed by atoms with Gasteiger partial charge in [-0.05, 0) is 30.7 Å². The number of rotatable bonds is 9. The van der Waals surface area contributed by atoms with Crippen LogP contribution >= 0.6 is 0 Å². The largest absolute Gasteiger partial charge is 0.494 e. The van der Waals surface area contributed by atoms with Crippen molar-refractivity contribution in [3.05, 3.63) is 69.8 Å². The van der Waals surface area contributed by atoms with Crippen molar-refractivity contribution >= 4 is 11.6 Å². The molecule has 0 heterocycles. The minimum atomic E-state index is -0.432. The van der Waals surface area contributed by atoms with Gasteiger partial charge in [0, 0.05) is 24.2 Å². The Balaban J connectivity index is 1.99. The second-order valence-corrected chi connectivity index (χ2v) is 6.13. The van der Waals surface area contributed by atoms with Crippen LogP contribution in [0.2, 0.25) is 0 Å². The van der Waals surface area contributed by atoms with Crippen molar-refractivity contribution in [3.63, 3.8) is 0 Å². The summed E-state index contributed by atoms with van der Waals surface area (Å²) < 4.78 is 5.64. The number of nitrogens with zero attached hydrogens (tertiary/aromatic N) is 2. The first kappa shape index (κ1) is 19.4. The molecule has 0 aromatic heterocycles. The highest BCUT2D eigenvalue weighted by atomic mass is 16.6. The van der Waals surface area contributed by atoms with E-state index in [2.05, 4.69) is 6.92 Å². The molecule has 0 aliphatic carbocycles. The summed E-state index contributed by atoms with van der Waals surface area (Å²) >= 11 is 0. The van der Waals surface area contributed by atoms with Gasteiger partial charge >= 0.3 is 0 Å². The Morgan fingerprint density at radius 2 is 1.81 bits per heavy atom. The lowest BCUT2D eigenvalue weighted by atomic mass is 10.1. The van der Waals surface area contributed by atoms with Crippen molar-refractivity contribution in [2.24, 2.45) is 0 Å². The zero-order chi connectivity index (χ0) is 18.9. The highest BCUT2D eigenvalue weighted by Gasteiger charge is 2.18. The fraction of sp³-hybridized carbons (Fsp3) is 0.350. The molecule has 6 heteroatoms. The fourth-order valence-corrected chi connectivity index (χ4v) is 2.61. The van der Waals surface area contributed by atoms with Gasteiger partial charge in [0.2, 0.25) is 0 Å². The van der Waals surface area contributed by atoms with Gasteiger partial charge in [-0.1, -0.05) is 38.0 Å². The number of nitro benzene ring substituents is 1. The zero-order valence-corrected chi connectivity index (χ0v) is 15.2. The number of para-hydroxylation sites is 1. The van der Waals surface area contributed by atoms with Crippen molar-refractivity contribution in [3.8, 4) is 5.75 Å².